The molecule has 0 fully saturated rings. The summed E-state index contributed by atoms with van der Waals surface area (Å²) < 4.78 is 0. The lowest BCUT2D eigenvalue weighted by molar-refractivity contribution is 0.836. The van der Waals surface area contributed by atoms with E-state index in [2.05, 4.69) is 18.8 Å². The number of hydrogen-bond acceptors (Lipinski definition) is 3. The molecular weight excluding hydrogens is 168 g/mol. The third-order valence-electron chi connectivity index (χ3n) is 1.17. The zero-order chi connectivity index (χ0) is 6.85. The Morgan fingerprint density at radius 2 is 2.20 bits per heavy atom. The van der Waals surface area contributed by atoms with Gasteiger partial charge in [0.1, 0.15) is 5.00 Å². The summed E-state index contributed by atoms with van der Waals surface area (Å²) in [5.74, 6) is 0.455. The summed E-state index contributed by atoms with van der Waals surface area (Å²) in [6, 6.07) is 0. The average Bonchev–Trinajstić information content (AvgIpc) is 2.13. The van der Waals surface area contributed by atoms with Crippen LogP contribution < -0.4 is 5.73 Å². The Bertz CT molecular complexity index is 197. The van der Waals surface area contributed by atoms with Gasteiger partial charge in [0.2, 0.25) is 0 Å². The maximum absolute atomic E-state index is 5.60. The summed E-state index contributed by atoms with van der Waals surface area (Å²) in [5, 5.41) is 0.852. The molecule has 0 saturated heterocycles. The van der Waals surface area contributed by atoms with Gasteiger partial charge in [0.15, 0.2) is 0 Å². The number of nitrogen functional groups attached to an aromatic ring is 1. The second kappa shape index (κ2) is 3.78. The van der Waals surface area contributed by atoms with Gasteiger partial charge in [0, 0.05) is 0 Å². The third-order valence-corrected chi connectivity index (χ3v) is 1.84. The molecular formula is C6H11ClN2S. The second-order valence-corrected chi connectivity index (χ2v) is 3.14. The van der Waals surface area contributed by atoms with Crippen LogP contribution in [0.5, 0.6) is 0 Å². The topological polar surface area (TPSA) is 38.9 Å². The number of aromatic nitrogens is 1. The first-order valence-corrected chi connectivity index (χ1v) is 3.78. The van der Waals surface area contributed by atoms with Gasteiger partial charge < -0.3 is 5.73 Å². The zero-order valence-electron chi connectivity index (χ0n) is 6.00. The van der Waals surface area contributed by atoms with Gasteiger partial charge >= 0.3 is 0 Å². The van der Waals surface area contributed by atoms with Crippen molar-refractivity contribution in [2.45, 2.75) is 19.8 Å². The third kappa shape index (κ3) is 1.85. The monoisotopic (exact) mass is 178 g/mol. The number of nitrogens with two attached hydrogens (primary N) is 1. The maximum atomic E-state index is 5.60. The van der Waals surface area contributed by atoms with Crippen molar-refractivity contribution in [1.29, 1.82) is 0 Å². The lowest BCUT2D eigenvalue weighted by atomic mass is 10.1. The van der Waals surface area contributed by atoms with Gasteiger partial charge in [0.25, 0.3) is 0 Å². The van der Waals surface area contributed by atoms with Crippen LogP contribution in [-0.4, -0.2) is 4.98 Å². The van der Waals surface area contributed by atoms with Gasteiger partial charge in [0.05, 0.1) is 11.2 Å². The minimum atomic E-state index is 0. The SMILES string of the molecule is CC(C)c1ncsc1N.Cl. The summed E-state index contributed by atoms with van der Waals surface area (Å²) in [7, 11) is 0. The molecule has 0 unspecified atom stereocenters. The molecule has 0 aliphatic heterocycles. The molecule has 1 aromatic heterocycles. The van der Waals surface area contributed by atoms with E-state index in [0.29, 0.717) is 5.92 Å². The summed E-state index contributed by atoms with van der Waals surface area (Å²) >= 11 is 1.50. The number of nitrogens with zero attached hydrogens (tertiary/aromatic N) is 1. The van der Waals surface area contributed by atoms with Crippen LogP contribution in [0.25, 0.3) is 0 Å². The number of rotatable bonds is 1. The van der Waals surface area contributed by atoms with E-state index in [1.807, 2.05) is 0 Å². The van der Waals surface area contributed by atoms with Crippen molar-refractivity contribution in [3.63, 3.8) is 0 Å². The molecule has 0 spiro atoms. The molecule has 0 aromatic carbocycles. The molecule has 0 atom stereocenters. The van der Waals surface area contributed by atoms with Gasteiger partial charge in [-0.2, -0.15) is 0 Å². The fraction of sp³-hybridized carbons (Fsp3) is 0.500. The van der Waals surface area contributed by atoms with Crippen LogP contribution in [0, 0.1) is 0 Å². The summed E-state index contributed by atoms with van der Waals surface area (Å²) in [4.78, 5) is 4.11. The highest BCUT2D eigenvalue weighted by atomic mass is 35.5. The largest absolute Gasteiger partial charge is 0.389 e. The highest BCUT2D eigenvalue weighted by Crippen LogP contribution is 2.22. The Kier molecular flexibility index (Phi) is 3.68. The Morgan fingerprint density at radius 3 is 2.40 bits per heavy atom. The molecule has 0 radical (unpaired) electrons. The molecule has 1 aromatic rings. The first-order chi connectivity index (χ1) is 4.22. The Balaban J connectivity index is 0.000000810. The smallest absolute Gasteiger partial charge is 0.109 e. The van der Waals surface area contributed by atoms with E-state index in [1.165, 1.54) is 11.3 Å². The molecule has 2 nitrogen and oxygen atoms in total. The molecule has 2 N–H and O–H groups in total. The average molecular weight is 179 g/mol. The summed E-state index contributed by atoms with van der Waals surface area (Å²) in [6.45, 7) is 4.18. The standard InChI is InChI=1S/C6H10N2S.ClH/c1-4(2)5-6(7)9-3-8-5;/h3-4H,7H2,1-2H3;1H. The summed E-state index contributed by atoms with van der Waals surface area (Å²) in [6.07, 6.45) is 0. The first kappa shape index (κ1) is 9.72. The maximum Gasteiger partial charge on any atom is 0.109 e. The first-order valence-electron chi connectivity index (χ1n) is 2.90. The molecule has 1 heterocycles. The van der Waals surface area contributed by atoms with Gasteiger partial charge in [-0.1, -0.05) is 13.8 Å². The highest BCUT2D eigenvalue weighted by Gasteiger charge is 2.04. The number of hydrogen-bond donors (Lipinski definition) is 1. The van der Waals surface area contributed by atoms with Crippen LogP contribution in [0.2, 0.25) is 0 Å². The van der Waals surface area contributed by atoms with Crippen molar-refractivity contribution in [2.24, 2.45) is 0 Å². The molecule has 1 rings (SSSR count). The van der Waals surface area contributed by atoms with Crippen LogP contribution in [0.1, 0.15) is 25.5 Å². The molecule has 0 aliphatic carbocycles. The lowest BCUT2D eigenvalue weighted by Gasteiger charge is -1.98. The van der Waals surface area contributed by atoms with E-state index in [9.17, 15) is 0 Å². The van der Waals surface area contributed by atoms with Gasteiger partial charge in [-0.15, -0.1) is 23.7 Å². The fourth-order valence-corrected chi connectivity index (χ4v) is 1.39. The molecule has 10 heavy (non-hydrogen) atoms. The van der Waals surface area contributed by atoms with Crippen LogP contribution in [-0.2, 0) is 0 Å². The van der Waals surface area contributed by atoms with Gasteiger partial charge in [-0.25, -0.2) is 4.98 Å². The lowest BCUT2D eigenvalue weighted by Crippen LogP contribution is -1.92. The Morgan fingerprint density at radius 1 is 1.60 bits per heavy atom. The number of thiazole rings is 1. The summed E-state index contributed by atoms with van der Waals surface area (Å²) in [5.41, 5.74) is 8.41. The molecule has 0 bridgehead atoms. The molecule has 0 saturated carbocycles. The van der Waals surface area contributed by atoms with E-state index < -0.39 is 0 Å². The number of anilines is 1. The van der Waals surface area contributed by atoms with Crippen molar-refractivity contribution in [3.8, 4) is 0 Å². The van der Waals surface area contributed by atoms with Crippen molar-refractivity contribution >= 4 is 28.7 Å². The molecule has 0 amide bonds. The van der Waals surface area contributed by atoms with E-state index in [4.69, 9.17) is 5.73 Å². The Labute approximate surface area is 70.9 Å². The van der Waals surface area contributed by atoms with Crippen LogP contribution in [0.15, 0.2) is 5.51 Å². The zero-order valence-corrected chi connectivity index (χ0v) is 7.63. The highest BCUT2D eigenvalue weighted by molar-refractivity contribution is 7.13. The predicted octanol–water partition coefficient (Wildman–Crippen LogP) is 2.27. The van der Waals surface area contributed by atoms with Crippen molar-refractivity contribution in [2.75, 3.05) is 5.73 Å². The quantitative estimate of drug-likeness (QED) is 0.717. The normalized spacial score (nSPS) is 9.50. The van der Waals surface area contributed by atoms with Crippen LogP contribution in [0.3, 0.4) is 0 Å². The van der Waals surface area contributed by atoms with Crippen LogP contribution >= 0.6 is 23.7 Å². The molecule has 0 aliphatic rings. The van der Waals surface area contributed by atoms with E-state index in [1.54, 1.807) is 5.51 Å². The van der Waals surface area contributed by atoms with Crippen LogP contribution in [0.4, 0.5) is 5.00 Å². The van der Waals surface area contributed by atoms with Gasteiger partial charge in [-0.05, 0) is 5.92 Å². The van der Waals surface area contributed by atoms with Crippen molar-refractivity contribution < 1.29 is 0 Å². The number of halogens is 1. The Hall–Kier alpha value is -0.280. The minimum absolute atomic E-state index is 0. The second-order valence-electron chi connectivity index (χ2n) is 2.26. The van der Waals surface area contributed by atoms with Crippen molar-refractivity contribution in [3.05, 3.63) is 11.2 Å². The molecule has 4 heteroatoms. The minimum Gasteiger partial charge on any atom is -0.389 e. The predicted molar refractivity (Wildman–Crippen MR) is 47.9 cm³/mol. The fourth-order valence-electron chi connectivity index (χ4n) is 0.697. The van der Waals surface area contributed by atoms with Gasteiger partial charge in [-0.3, -0.25) is 0 Å². The van der Waals surface area contributed by atoms with E-state index in [0.717, 1.165) is 10.7 Å². The van der Waals surface area contributed by atoms with E-state index >= 15 is 0 Å². The van der Waals surface area contributed by atoms with Crippen molar-refractivity contribution in [1.82, 2.24) is 4.98 Å². The van der Waals surface area contributed by atoms with E-state index in [-0.39, 0.29) is 12.4 Å². The molecule has 58 valence electrons.